The van der Waals surface area contributed by atoms with Crippen LogP contribution in [0.1, 0.15) is 117 Å². The van der Waals surface area contributed by atoms with E-state index in [1.807, 2.05) is 60.7 Å². The van der Waals surface area contributed by atoms with E-state index >= 15 is 0 Å². The molecule has 0 amide bonds. The molecule has 0 bridgehead atoms. The van der Waals surface area contributed by atoms with E-state index < -0.39 is 12.1 Å². The number of carbonyl (C=O) groups is 1. The van der Waals surface area contributed by atoms with Crippen molar-refractivity contribution in [3.63, 3.8) is 0 Å². The van der Waals surface area contributed by atoms with E-state index in [1.165, 1.54) is 89.9 Å². The molecule has 4 aromatic rings. The zero-order chi connectivity index (χ0) is 35.2. The minimum atomic E-state index is -0.571. The second kappa shape index (κ2) is 22.8. The molecule has 0 spiro atoms. The van der Waals surface area contributed by atoms with Crippen molar-refractivity contribution in [2.45, 2.75) is 123 Å². The standard InChI is InChI=1S/C45H60O5/c1-4-5-6-7-8-9-10-11-12-13-14-15-16-17-18-24-31-47-34-41(50-45(46)36(2)3)35-48-44-42-28-23-22-25-37(42)32-38-29-30-40(33-43(38)44)49-39-26-20-19-21-27-39/h19-23,25-30,32-33,41H,2,4-18,24,31,34-35H2,1,3H3. The monoisotopic (exact) mass is 680 g/mol. The Hall–Kier alpha value is -3.83. The summed E-state index contributed by atoms with van der Waals surface area (Å²) in [4.78, 5) is 12.6. The highest BCUT2D eigenvalue weighted by Gasteiger charge is 2.19. The van der Waals surface area contributed by atoms with Crippen LogP contribution in [0.5, 0.6) is 17.2 Å². The molecule has 0 N–H and O–H groups in total. The predicted molar refractivity (Wildman–Crippen MR) is 209 cm³/mol. The molecule has 4 aromatic carbocycles. The Balaban J connectivity index is 1.22. The normalized spacial score (nSPS) is 11.9. The van der Waals surface area contributed by atoms with Crippen molar-refractivity contribution < 1.29 is 23.7 Å². The molecule has 0 radical (unpaired) electrons. The van der Waals surface area contributed by atoms with Gasteiger partial charge in [-0.3, -0.25) is 0 Å². The second-order valence-electron chi connectivity index (χ2n) is 13.7. The van der Waals surface area contributed by atoms with Gasteiger partial charge in [0.25, 0.3) is 0 Å². The van der Waals surface area contributed by atoms with Crippen molar-refractivity contribution in [2.24, 2.45) is 0 Å². The van der Waals surface area contributed by atoms with Crippen LogP contribution in [-0.4, -0.2) is 31.9 Å². The Morgan fingerprint density at radius 2 is 1.20 bits per heavy atom. The van der Waals surface area contributed by atoms with Gasteiger partial charge in [0.2, 0.25) is 0 Å². The lowest BCUT2D eigenvalue weighted by Gasteiger charge is -2.21. The van der Waals surface area contributed by atoms with E-state index in [-0.39, 0.29) is 13.2 Å². The molecule has 5 nitrogen and oxygen atoms in total. The third kappa shape index (κ3) is 13.8. The van der Waals surface area contributed by atoms with Gasteiger partial charge in [-0.05, 0) is 54.4 Å². The maximum absolute atomic E-state index is 12.6. The minimum absolute atomic E-state index is 0.158. The zero-order valence-corrected chi connectivity index (χ0v) is 30.8. The van der Waals surface area contributed by atoms with Crippen molar-refractivity contribution in [2.75, 3.05) is 19.8 Å². The SMILES string of the molecule is C=C(C)C(=O)OC(COCCCCCCCCCCCCCCCCCC)COc1c2ccccc2cc2ccc(Oc3ccccc3)cc12. The topological polar surface area (TPSA) is 54.0 Å². The van der Waals surface area contributed by atoms with Crippen LogP contribution in [-0.2, 0) is 14.3 Å². The first-order valence-electron chi connectivity index (χ1n) is 19.3. The Morgan fingerprint density at radius 1 is 0.620 bits per heavy atom. The third-order valence-electron chi connectivity index (χ3n) is 9.25. The maximum Gasteiger partial charge on any atom is 0.333 e. The average Bonchev–Trinajstić information content (AvgIpc) is 3.13. The largest absolute Gasteiger partial charge is 0.488 e. The summed E-state index contributed by atoms with van der Waals surface area (Å²) in [5, 5.41) is 4.02. The summed E-state index contributed by atoms with van der Waals surface area (Å²) < 4.78 is 24.5. The number of rotatable bonds is 26. The maximum atomic E-state index is 12.6. The molecule has 0 aromatic heterocycles. The second-order valence-corrected chi connectivity index (χ2v) is 13.7. The molecule has 270 valence electrons. The Morgan fingerprint density at radius 3 is 1.84 bits per heavy atom. The smallest absolute Gasteiger partial charge is 0.333 e. The van der Waals surface area contributed by atoms with Gasteiger partial charge in [-0.25, -0.2) is 4.79 Å². The number of para-hydroxylation sites is 1. The molecule has 0 fully saturated rings. The molecule has 50 heavy (non-hydrogen) atoms. The highest BCUT2D eigenvalue weighted by molar-refractivity contribution is 6.05. The summed E-state index contributed by atoms with van der Waals surface area (Å²) >= 11 is 0. The number of unbranched alkanes of at least 4 members (excludes halogenated alkanes) is 15. The molecular formula is C45H60O5. The van der Waals surface area contributed by atoms with Gasteiger partial charge in [0, 0.05) is 23.0 Å². The van der Waals surface area contributed by atoms with E-state index in [0.29, 0.717) is 12.2 Å². The lowest BCUT2D eigenvalue weighted by atomic mass is 10.0. The molecule has 4 rings (SSSR count). The van der Waals surface area contributed by atoms with Crippen molar-refractivity contribution in [1.82, 2.24) is 0 Å². The van der Waals surface area contributed by atoms with E-state index in [9.17, 15) is 4.79 Å². The average molecular weight is 681 g/mol. The Labute approximate surface area is 301 Å². The minimum Gasteiger partial charge on any atom is -0.488 e. The van der Waals surface area contributed by atoms with Crippen LogP contribution in [0, 0.1) is 0 Å². The Bertz CT molecular complexity index is 1560. The molecule has 0 aliphatic carbocycles. The van der Waals surface area contributed by atoms with Gasteiger partial charge in [-0.2, -0.15) is 0 Å². The van der Waals surface area contributed by atoms with Crippen molar-refractivity contribution in [3.05, 3.63) is 91.0 Å². The lowest BCUT2D eigenvalue weighted by molar-refractivity contribution is -0.149. The van der Waals surface area contributed by atoms with Gasteiger partial charge in [0.05, 0.1) is 6.61 Å². The number of fused-ring (bicyclic) bond motifs is 2. The first-order chi connectivity index (χ1) is 24.5. The summed E-state index contributed by atoms with van der Waals surface area (Å²) in [6, 6.07) is 26.1. The number of hydrogen-bond donors (Lipinski definition) is 0. The van der Waals surface area contributed by atoms with Gasteiger partial charge < -0.3 is 18.9 Å². The first-order valence-corrected chi connectivity index (χ1v) is 19.3. The molecule has 5 heteroatoms. The van der Waals surface area contributed by atoms with Gasteiger partial charge in [0.15, 0.2) is 6.10 Å². The fraction of sp³-hybridized carbons (Fsp3) is 0.489. The van der Waals surface area contributed by atoms with E-state index in [0.717, 1.165) is 51.6 Å². The fourth-order valence-corrected chi connectivity index (χ4v) is 6.36. The summed E-state index contributed by atoms with van der Waals surface area (Å²) in [5.74, 6) is 1.77. The number of hydrogen-bond acceptors (Lipinski definition) is 5. The highest BCUT2D eigenvalue weighted by Crippen LogP contribution is 2.38. The third-order valence-corrected chi connectivity index (χ3v) is 9.25. The quantitative estimate of drug-likeness (QED) is 0.0286. The molecule has 0 aliphatic rings. The molecule has 1 atom stereocenters. The van der Waals surface area contributed by atoms with Crippen LogP contribution in [0.15, 0.2) is 91.0 Å². The molecule has 1 unspecified atom stereocenters. The van der Waals surface area contributed by atoms with Crippen LogP contribution in [0.4, 0.5) is 0 Å². The molecule has 0 heterocycles. The Kier molecular flexibility index (Phi) is 17.8. The van der Waals surface area contributed by atoms with Crippen LogP contribution in [0.25, 0.3) is 21.5 Å². The van der Waals surface area contributed by atoms with Gasteiger partial charge in [-0.15, -0.1) is 0 Å². The highest BCUT2D eigenvalue weighted by atomic mass is 16.6. The van der Waals surface area contributed by atoms with Crippen LogP contribution >= 0.6 is 0 Å². The number of esters is 1. The van der Waals surface area contributed by atoms with Crippen LogP contribution < -0.4 is 9.47 Å². The molecule has 0 saturated carbocycles. The number of ether oxygens (including phenoxy) is 4. The zero-order valence-electron chi connectivity index (χ0n) is 30.8. The van der Waals surface area contributed by atoms with Crippen molar-refractivity contribution >= 4 is 27.5 Å². The summed E-state index contributed by atoms with van der Waals surface area (Å²) in [6.07, 6.45) is 20.8. The van der Waals surface area contributed by atoms with E-state index in [2.05, 4.69) is 31.7 Å². The van der Waals surface area contributed by atoms with E-state index in [1.54, 1.807) is 6.92 Å². The van der Waals surface area contributed by atoms with Gasteiger partial charge in [-0.1, -0.05) is 158 Å². The molecular weight excluding hydrogens is 620 g/mol. The number of benzene rings is 4. The van der Waals surface area contributed by atoms with Gasteiger partial charge in [0.1, 0.15) is 23.9 Å². The van der Waals surface area contributed by atoms with Crippen LogP contribution in [0.2, 0.25) is 0 Å². The lowest BCUT2D eigenvalue weighted by Crippen LogP contribution is -2.30. The van der Waals surface area contributed by atoms with Crippen LogP contribution in [0.3, 0.4) is 0 Å². The van der Waals surface area contributed by atoms with Gasteiger partial charge >= 0.3 is 5.97 Å². The predicted octanol–water partition coefficient (Wildman–Crippen LogP) is 12.9. The molecule has 0 aliphatic heterocycles. The molecule has 0 saturated heterocycles. The van der Waals surface area contributed by atoms with Crippen molar-refractivity contribution in [1.29, 1.82) is 0 Å². The fourth-order valence-electron chi connectivity index (χ4n) is 6.36. The summed E-state index contributed by atoms with van der Waals surface area (Å²) in [7, 11) is 0. The number of carbonyl (C=O) groups excluding carboxylic acids is 1. The van der Waals surface area contributed by atoms with E-state index in [4.69, 9.17) is 18.9 Å². The van der Waals surface area contributed by atoms with Crippen molar-refractivity contribution in [3.8, 4) is 17.2 Å². The summed E-state index contributed by atoms with van der Waals surface area (Å²) in [6.45, 7) is 8.77. The first kappa shape index (κ1) is 39.0. The summed E-state index contributed by atoms with van der Waals surface area (Å²) in [5.41, 5.74) is 0.353.